The zero-order valence-electron chi connectivity index (χ0n) is 18.6. The van der Waals surface area contributed by atoms with Crippen LogP contribution in [0.2, 0.25) is 0 Å². The Balaban J connectivity index is 1.71. The maximum absolute atomic E-state index is 13.1. The van der Waals surface area contributed by atoms with Crippen LogP contribution >= 0.6 is 0 Å². The Bertz CT molecular complexity index is 998. The third-order valence-electron chi connectivity index (χ3n) is 5.47. The minimum atomic E-state index is -3.79. The lowest BCUT2D eigenvalue weighted by atomic mass is 10.1. The highest BCUT2D eigenvalue weighted by atomic mass is 32.2. The summed E-state index contributed by atoms with van der Waals surface area (Å²) in [6.45, 7) is 8.51. The SMILES string of the molecule is COc1ccccc1N(C)S(=O)(=O)c1ccc(C(=O)N2CCN(CC(C)C)CC2)cc1. The lowest BCUT2D eigenvalue weighted by Crippen LogP contribution is -2.49. The predicted molar refractivity (Wildman–Crippen MR) is 122 cm³/mol. The summed E-state index contributed by atoms with van der Waals surface area (Å²) in [6.07, 6.45) is 0. The van der Waals surface area contributed by atoms with Crippen molar-refractivity contribution in [1.29, 1.82) is 0 Å². The van der Waals surface area contributed by atoms with E-state index in [2.05, 4.69) is 18.7 Å². The molecule has 1 heterocycles. The van der Waals surface area contributed by atoms with Crippen LogP contribution in [0.3, 0.4) is 0 Å². The number of para-hydroxylation sites is 2. The second-order valence-corrected chi connectivity index (χ2v) is 10.1. The van der Waals surface area contributed by atoms with Crippen molar-refractivity contribution in [3.63, 3.8) is 0 Å². The molecule has 31 heavy (non-hydrogen) atoms. The average Bonchev–Trinajstić information content (AvgIpc) is 2.78. The van der Waals surface area contributed by atoms with Crippen molar-refractivity contribution in [3.05, 3.63) is 54.1 Å². The van der Waals surface area contributed by atoms with E-state index in [1.807, 2.05) is 4.90 Å². The molecule has 0 unspecified atom stereocenters. The molecule has 0 aliphatic carbocycles. The number of piperazine rings is 1. The van der Waals surface area contributed by atoms with Gasteiger partial charge in [-0.25, -0.2) is 8.42 Å². The number of rotatable bonds is 7. The number of methoxy groups -OCH3 is 1. The second-order valence-electron chi connectivity index (χ2n) is 8.16. The number of nitrogens with zero attached hydrogens (tertiary/aromatic N) is 3. The van der Waals surface area contributed by atoms with Gasteiger partial charge >= 0.3 is 0 Å². The van der Waals surface area contributed by atoms with Gasteiger partial charge in [-0.15, -0.1) is 0 Å². The molecule has 1 amide bonds. The largest absolute Gasteiger partial charge is 0.495 e. The Morgan fingerprint density at radius 1 is 1.03 bits per heavy atom. The summed E-state index contributed by atoms with van der Waals surface area (Å²) in [5.74, 6) is 1.01. The number of benzene rings is 2. The Labute approximate surface area is 185 Å². The third kappa shape index (κ3) is 5.19. The number of ether oxygens (including phenoxy) is 1. The fourth-order valence-electron chi connectivity index (χ4n) is 3.78. The summed E-state index contributed by atoms with van der Waals surface area (Å²) in [5, 5.41) is 0. The van der Waals surface area contributed by atoms with E-state index >= 15 is 0 Å². The normalized spacial score (nSPS) is 15.2. The number of carbonyl (C=O) groups is 1. The van der Waals surface area contributed by atoms with E-state index in [-0.39, 0.29) is 10.8 Å². The Morgan fingerprint density at radius 2 is 1.65 bits per heavy atom. The van der Waals surface area contributed by atoms with Crippen molar-refractivity contribution < 1.29 is 17.9 Å². The number of hydrogen-bond acceptors (Lipinski definition) is 5. The van der Waals surface area contributed by atoms with Crippen LogP contribution < -0.4 is 9.04 Å². The zero-order valence-corrected chi connectivity index (χ0v) is 19.4. The van der Waals surface area contributed by atoms with E-state index in [9.17, 15) is 13.2 Å². The van der Waals surface area contributed by atoms with Crippen molar-refractivity contribution in [2.75, 3.05) is 51.2 Å². The molecule has 7 nitrogen and oxygen atoms in total. The molecule has 0 atom stereocenters. The number of anilines is 1. The fourth-order valence-corrected chi connectivity index (χ4v) is 4.99. The first kappa shape index (κ1) is 23.1. The number of sulfonamides is 1. The standard InChI is InChI=1S/C23H31N3O4S/c1-18(2)17-25-13-15-26(16-14-25)23(27)19-9-11-20(12-10-19)31(28,29)24(3)21-7-5-6-8-22(21)30-4/h5-12,18H,13-17H2,1-4H3. The first-order valence-electron chi connectivity index (χ1n) is 10.5. The Hall–Kier alpha value is -2.58. The number of amides is 1. The van der Waals surface area contributed by atoms with Gasteiger partial charge in [0.25, 0.3) is 15.9 Å². The van der Waals surface area contributed by atoms with Gasteiger partial charge in [0.2, 0.25) is 0 Å². The first-order chi connectivity index (χ1) is 14.7. The summed E-state index contributed by atoms with van der Waals surface area (Å²) < 4.78 is 32.6. The quantitative estimate of drug-likeness (QED) is 0.655. The van der Waals surface area contributed by atoms with Gasteiger partial charge in [0.15, 0.2) is 0 Å². The molecule has 0 N–H and O–H groups in total. The molecule has 0 radical (unpaired) electrons. The van der Waals surface area contributed by atoms with Crippen molar-refractivity contribution in [2.45, 2.75) is 18.7 Å². The number of hydrogen-bond donors (Lipinski definition) is 0. The molecule has 1 fully saturated rings. The van der Waals surface area contributed by atoms with Crippen LogP contribution in [0.5, 0.6) is 5.75 Å². The fraction of sp³-hybridized carbons (Fsp3) is 0.435. The molecule has 0 saturated carbocycles. The highest BCUT2D eigenvalue weighted by molar-refractivity contribution is 7.92. The molecular formula is C23H31N3O4S. The summed E-state index contributed by atoms with van der Waals surface area (Å²) in [6, 6.07) is 13.1. The van der Waals surface area contributed by atoms with Crippen molar-refractivity contribution in [1.82, 2.24) is 9.80 Å². The molecule has 0 aromatic heterocycles. The summed E-state index contributed by atoms with van der Waals surface area (Å²) >= 11 is 0. The van der Waals surface area contributed by atoms with E-state index in [1.165, 1.54) is 30.6 Å². The molecule has 3 rings (SSSR count). The van der Waals surface area contributed by atoms with Crippen LogP contribution in [0.15, 0.2) is 53.4 Å². The van der Waals surface area contributed by atoms with Gasteiger partial charge < -0.3 is 9.64 Å². The van der Waals surface area contributed by atoms with Gasteiger partial charge in [-0.05, 0) is 42.3 Å². The van der Waals surface area contributed by atoms with E-state index in [1.54, 1.807) is 36.4 Å². The maximum Gasteiger partial charge on any atom is 0.264 e. The Kier molecular flexibility index (Phi) is 7.23. The smallest absolute Gasteiger partial charge is 0.264 e. The van der Waals surface area contributed by atoms with Gasteiger partial charge in [0.1, 0.15) is 5.75 Å². The number of carbonyl (C=O) groups excluding carboxylic acids is 1. The zero-order chi connectivity index (χ0) is 22.6. The van der Waals surface area contributed by atoms with Crippen LogP contribution in [-0.2, 0) is 10.0 Å². The highest BCUT2D eigenvalue weighted by Crippen LogP contribution is 2.30. The van der Waals surface area contributed by atoms with Crippen molar-refractivity contribution in [3.8, 4) is 5.75 Å². The molecule has 1 aliphatic rings. The lowest BCUT2D eigenvalue weighted by molar-refractivity contribution is 0.0623. The predicted octanol–water partition coefficient (Wildman–Crippen LogP) is 2.93. The maximum atomic E-state index is 13.1. The van der Waals surface area contributed by atoms with Crippen LogP contribution in [0, 0.1) is 5.92 Å². The van der Waals surface area contributed by atoms with Crippen molar-refractivity contribution in [2.24, 2.45) is 5.92 Å². The van der Waals surface area contributed by atoms with E-state index in [4.69, 9.17) is 4.74 Å². The minimum Gasteiger partial charge on any atom is -0.495 e. The van der Waals surface area contributed by atoms with Gasteiger partial charge in [-0.1, -0.05) is 26.0 Å². The van der Waals surface area contributed by atoms with Crippen molar-refractivity contribution >= 4 is 21.6 Å². The van der Waals surface area contributed by atoms with Gasteiger partial charge in [-0.3, -0.25) is 14.0 Å². The van der Waals surface area contributed by atoms with Crippen LogP contribution in [0.25, 0.3) is 0 Å². The van der Waals surface area contributed by atoms with E-state index < -0.39 is 10.0 Å². The third-order valence-corrected chi connectivity index (χ3v) is 7.25. The molecule has 8 heteroatoms. The van der Waals surface area contributed by atoms with E-state index in [0.29, 0.717) is 36.0 Å². The molecule has 1 saturated heterocycles. The van der Waals surface area contributed by atoms with Crippen LogP contribution in [0.4, 0.5) is 5.69 Å². The first-order valence-corrected chi connectivity index (χ1v) is 11.9. The van der Waals surface area contributed by atoms with Crippen LogP contribution in [-0.4, -0.2) is 71.0 Å². The monoisotopic (exact) mass is 445 g/mol. The molecule has 0 spiro atoms. The highest BCUT2D eigenvalue weighted by Gasteiger charge is 2.26. The summed E-state index contributed by atoms with van der Waals surface area (Å²) in [7, 11) is -0.798. The molecule has 0 bridgehead atoms. The summed E-state index contributed by atoms with van der Waals surface area (Å²) in [5.41, 5.74) is 0.945. The molecule has 1 aliphatic heterocycles. The van der Waals surface area contributed by atoms with Gasteiger partial charge in [0, 0.05) is 45.3 Å². The minimum absolute atomic E-state index is 0.0637. The van der Waals surface area contributed by atoms with E-state index in [0.717, 1.165) is 19.6 Å². The average molecular weight is 446 g/mol. The lowest BCUT2D eigenvalue weighted by Gasteiger charge is -2.35. The topological polar surface area (TPSA) is 70.2 Å². The Morgan fingerprint density at radius 3 is 2.23 bits per heavy atom. The molecular weight excluding hydrogens is 414 g/mol. The van der Waals surface area contributed by atoms with Gasteiger partial charge in [-0.2, -0.15) is 0 Å². The second kappa shape index (κ2) is 9.70. The van der Waals surface area contributed by atoms with Crippen LogP contribution in [0.1, 0.15) is 24.2 Å². The molecule has 2 aromatic carbocycles. The molecule has 168 valence electrons. The summed E-state index contributed by atoms with van der Waals surface area (Å²) in [4.78, 5) is 17.2. The van der Waals surface area contributed by atoms with Gasteiger partial charge in [0.05, 0.1) is 17.7 Å². The molecule has 2 aromatic rings.